The van der Waals surface area contributed by atoms with E-state index in [2.05, 4.69) is 25.6 Å². The van der Waals surface area contributed by atoms with E-state index in [-0.39, 0.29) is 0 Å². The van der Waals surface area contributed by atoms with Gasteiger partial charge in [0.2, 0.25) is 5.95 Å². The molecule has 0 spiro atoms. The van der Waals surface area contributed by atoms with Gasteiger partial charge < -0.3 is 10.6 Å². The van der Waals surface area contributed by atoms with Gasteiger partial charge in [0, 0.05) is 37.0 Å². The highest BCUT2D eigenvalue weighted by molar-refractivity contribution is 7.09. The van der Waals surface area contributed by atoms with Crippen molar-refractivity contribution in [1.29, 1.82) is 0 Å². The Bertz CT molecular complexity index is 696. The highest BCUT2D eigenvalue weighted by Gasteiger charge is 2.06. The number of benzene rings is 1. The number of nitrogens with one attached hydrogen (secondary N) is 2. The summed E-state index contributed by atoms with van der Waals surface area (Å²) in [4.78, 5) is 13.2. The maximum absolute atomic E-state index is 4.49. The molecule has 3 rings (SSSR count). The molecule has 0 amide bonds. The van der Waals surface area contributed by atoms with Gasteiger partial charge in [0.1, 0.15) is 5.82 Å². The lowest BCUT2D eigenvalue weighted by Crippen LogP contribution is -2.08. The van der Waals surface area contributed by atoms with Crippen LogP contribution in [-0.2, 0) is 6.42 Å². The zero-order valence-electron chi connectivity index (χ0n) is 11.1. The minimum atomic E-state index is 0.625. The summed E-state index contributed by atoms with van der Waals surface area (Å²) in [6.07, 6.45) is 2.73. The van der Waals surface area contributed by atoms with Gasteiger partial charge in [-0.3, -0.25) is 0 Å². The van der Waals surface area contributed by atoms with Crippen LogP contribution in [0.15, 0.2) is 35.8 Å². The van der Waals surface area contributed by atoms with Gasteiger partial charge in [0.25, 0.3) is 0 Å². The van der Waals surface area contributed by atoms with Gasteiger partial charge in [0.05, 0.1) is 10.5 Å². The van der Waals surface area contributed by atoms with Crippen molar-refractivity contribution in [3.8, 4) is 0 Å². The van der Waals surface area contributed by atoms with Crippen molar-refractivity contribution in [2.45, 2.75) is 6.42 Å². The first-order valence-electron chi connectivity index (χ1n) is 6.43. The lowest BCUT2D eigenvalue weighted by Gasteiger charge is -2.09. The van der Waals surface area contributed by atoms with E-state index in [1.807, 2.05) is 42.9 Å². The number of para-hydroxylation sites is 1. The number of nitrogens with zero attached hydrogens (tertiary/aromatic N) is 3. The van der Waals surface area contributed by atoms with Gasteiger partial charge in [-0.15, -0.1) is 11.3 Å². The Hall–Kier alpha value is -2.21. The van der Waals surface area contributed by atoms with Crippen molar-refractivity contribution in [3.63, 3.8) is 0 Å². The Balaban J connectivity index is 1.82. The molecule has 1 aromatic carbocycles. The van der Waals surface area contributed by atoms with Gasteiger partial charge in [-0.25, -0.2) is 9.97 Å². The zero-order valence-corrected chi connectivity index (χ0v) is 11.9. The second-order valence-corrected chi connectivity index (χ2v) is 5.24. The molecule has 0 bridgehead atoms. The smallest absolute Gasteiger partial charge is 0.224 e. The van der Waals surface area contributed by atoms with Crippen LogP contribution in [0, 0.1) is 0 Å². The number of hydrogen-bond donors (Lipinski definition) is 2. The van der Waals surface area contributed by atoms with Gasteiger partial charge in [-0.2, -0.15) is 4.98 Å². The lowest BCUT2D eigenvalue weighted by atomic mass is 10.2. The van der Waals surface area contributed by atoms with Crippen molar-refractivity contribution in [3.05, 3.63) is 40.8 Å². The number of hydrogen-bond acceptors (Lipinski definition) is 6. The van der Waals surface area contributed by atoms with Crippen LogP contribution in [-0.4, -0.2) is 28.5 Å². The Morgan fingerprint density at radius 2 is 2.10 bits per heavy atom. The molecule has 2 aromatic heterocycles. The second-order valence-electron chi connectivity index (χ2n) is 4.27. The van der Waals surface area contributed by atoms with Crippen molar-refractivity contribution >= 4 is 34.0 Å². The van der Waals surface area contributed by atoms with Crippen LogP contribution in [0.2, 0.25) is 0 Å². The third-order valence-corrected chi connectivity index (χ3v) is 3.78. The van der Waals surface area contributed by atoms with E-state index in [0.717, 1.165) is 34.7 Å². The Morgan fingerprint density at radius 1 is 1.20 bits per heavy atom. The molecule has 20 heavy (non-hydrogen) atoms. The molecule has 2 N–H and O–H groups in total. The molecule has 0 fully saturated rings. The Kier molecular flexibility index (Phi) is 3.73. The number of fused-ring (bicyclic) bond motifs is 1. The predicted octanol–water partition coefficient (Wildman–Crippen LogP) is 2.78. The number of aromatic nitrogens is 3. The van der Waals surface area contributed by atoms with Crippen LogP contribution in [0.3, 0.4) is 0 Å². The molecule has 6 heteroatoms. The molecule has 102 valence electrons. The van der Waals surface area contributed by atoms with Crippen molar-refractivity contribution in [2.75, 3.05) is 24.2 Å². The SMILES string of the molecule is CNc1nc(NCCc2nccs2)c2ccccc2n1. The molecule has 0 unspecified atom stereocenters. The Labute approximate surface area is 121 Å². The summed E-state index contributed by atoms with van der Waals surface area (Å²) in [6, 6.07) is 8.00. The summed E-state index contributed by atoms with van der Waals surface area (Å²) in [7, 11) is 1.82. The Morgan fingerprint density at radius 3 is 2.90 bits per heavy atom. The summed E-state index contributed by atoms with van der Waals surface area (Å²) in [6.45, 7) is 0.803. The highest BCUT2D eigenvalue weighted by atomic mass is 32.1. The first-order chi connectivity index (χ1) is 9.86. The third kappa shape index (κ3) is 2.70. The lowest BCUT2D eigenvalue weighted by molar-refractivity contribution is 0.988. The molecule has 0 aliphatic rings. The quantitative estimate of drug-likeness (QED) is 0.754. The fourth-order valence-corrected chi connectivity index (χ4v) is 2.61. The van der Waals surface area contributed by atoms with Crippen LogP contribution >= 0.6 is 11.3 Å². The van der Waals surface area contributed by atoms with E-state index in [1.165, 1.54) is 0 Å². The number of thiazole rings is 1. The first-order valence-corrected chi connectivity index (χ1v) is 7.31. The molecule has 5 nitrogen and oxygen atoms in total. The molecule has 0 saturated heterocycles. The molecule has 3 aromatic rings. The van der Waals surface area contributed by atoms with E-state index >= 15 is 0 Å². The zero-order chi connectivity index (χ0) is 13.8. The van der Waals surface area contributed by atoms with E-state index < -0.39 is 0 Å². The summed E-state index contributed by atoms with van der Waals surface area (Å²) in [5.41, 5.74) is 0.934. The van der Waals surface area contributed by atoms with Gasteiger partial charge in [-0.05, 0) is 12.1 Å². The van der Waals surface area contributed by atoms with Crippen LogP contribution in [0.5, 0.6) is 0 Å². The maximum atomic E-state index is 4.49. The minimum absolute atomic E-state index is 0.625. The minimum Gasteiger partial charge on any atom is -0.369 e. The van der Waals surface area contributed by atoms with E-state index in [1.54, 1.807) is 11.3 Å². The van der Waals surface area contributed by atoms with E-state index in [4.69, 9.17) is 0 Å². The van der Waals surface area contributed by atoms with Crippen LogP contribution in [0.25, 0.3) is 10.9 Å². The third-order valence-electron chi connectivity index (χ3n) is 2.94. The first kappa shape index (κ1) is 12.8. The average Bonchev–Trinajstić information content (AvgIpc) is 3.00. The predicted molar refractivity (Wildman–Crippen MR) is 83.4 cm³/mol. The van der Waals surface area contributed by atoms with E-state index in [0.29, 0.717) is 5.95 Å². The van der Waals surface area contributed by atoms with Crippen molar-refractivity contribution < 1.29 is 0 Å². The monoisotopic (exact) mass is 285 g/mol. The molecule has 0 aliphatic carbocycles. The fraction of sp³-hybridized carbons (Fsp3) is 0.214. The normalized spacial score (nSPS) is 10.7. The number of rotatable bonds is 5. The van der Waals surface area contributed by atoms with Gasteiger partial charge >= 0.3 is 0 Å². The van der Waals surface area contributed by atoms with Crippen LogP contribution < -0.4 is 10.6 Å². The topological polar surface area (TPSA) is 62.7 Å². The summed E-state index contributed by atoms with van der Waals surface area (Å²) >= 11 is 1.67. The maximum Gasteiger partial charge on any atom is 0.224 e. The van der Waals surface area contributed by atoms with Crippen molar-refractivity contribution in [2.24, 2.45) is 0 Å². The molecule has 0 aliphatic heterocycles. The standard InChI is InChI=1S/C14H15N5S/c1-15-14-18-11-5-3-2-4-10(11)13(19-14)17-7-6-12-16-8-9-20-12/h2-5,8-9H,6-7H2,1H3,(H2,15,17,18,19). The molecule has 0 radical (unpaired) electrons. The fourth-order valence-electron chi connectivity index (χ4n) is 1.99. The van der Waals surface area contributed by atoms with Crippen molar-refractivity contribution in [1.82, 2.24) is 15.0 Å². The molecule has 0 atom stereocenters. The van der Waals surface area contributed by atoms with Gasteiger partial charge in [0.15, 0.2) is 0 Å². The summed E-state index contributed by atoms with van der Waals surface area (Å²) < 4.78 is 0. The summed E-state index contributed by atoms with van der Waals surface area (Å²) in [5, 5.41) is 10.5. The molecule has 2 heterocycles. The van der Waals surface area contributed by atoms with Crippen LogP contribution in [0.4, 0.5) is 11.8 Å². The van der Waals surface area contributed by atoms with Gasteiger partial charge in [-0.1, -0.05) is 12.1 Å². The average molecular weight is 285 g/mol. The molecule has 0 saturated carbocycles. The largest absolute Gasteiger partial charge is 0.369 e. The van der Waals surface area contributed by atoms with E-state index in [9.17, 15) is 0 Å². The number of anilines is 2. The summed E-state index contributed by atoms with van der Waals surface area (Å²) in [5.74, 6) is 1.48. The van der Waals surface area contributed by atoms with Crippen LogP contribution in [0.1, 0.15) is 5.01 Å². The highest BCUT2D eigenvalue weighted by Crippen LogP contribution is 2.21. The molecular weight excluding hydrogens is 270 g/mol. The second kappa shape index (κ2) is 5.83. The molecular formula is C14H15N5S.